The van der Waals surface area contributed by atoms with Crippen molar-refractivity contribution in [2.75, 3.05) is 0 Å². The van der Waals surface area contributed by atoms with Crippen molar-refractivity contribution in [1.82, 2.24) is 10.3 Å². The Labute approximate surface area is 143 Å². The first kappa shape index (κ1) is 17.1. The molecule has 1 aromatic heterocycles. The summed E-state index contributed by atoms with van der Waals surface area (Å²) < 4.78 is 4.45. The molecule has 2 unspecified atom stereocenters. The number of nitrogens with one attached hydrogen (secondary N) is 1. The van der Waals surface area contributed by atoms with Crippen molar-refractivity contribution in [2.24, 2.45) is 5.92 Å². The van der Waals surface area contributed by atoms with Crippen LogP contribution in [0, 0.1) is 22.2 Å². The molecule has 6 heteroatoms. The minimum absolute atomic E-state index is 0.0690. The van der Waals surface area contributed by atoms with Crippen LogP contribution in [0.3, 0.4) is 0 Å². The summed E-state index contributed by atoms with van der Waals surface area (Å²) in [5.74, 6) is 3.74. The van der Waals surface area contributed by atoms with Crippen molar-refractivity contribution >= 4 is 44.8 Å². The van der Waals surface area contributed by atoms with Crippen molar-refractivity contribution in [3.63, 3.8) is 0 Å². The monoisotopic (exact) mass is 509 g/mol. The Bertz CT molecular complexity index is 634. The van der Waals surface area contributed by atoms with Gasteiger partial charge in [0, 0.05) is 0 Å². The van der Waals surface area contributed by atoms with Crippen LogP contribution in [0.1, 0.15) is 41.9 Å². The quantitative estimate of drug-likeness (QED) is 0.380. The summed E-state index contributed by atoms with van der Waals surface area (Å²) in [4.78, 5) is 16.5. The van der Waals surface area contributed by atoms with Crippen molar-refractivity contribution in [1.29, 1.82) is 0 Å². The van der Waals surface area contributed by atoms with Gasteiger partial charge >= 0.3 is 143 Å². The predicted octanol–water partition coefficient (Wildman–Crippen LogP) is 2.67. The number of aryl methyl sites for hydroxylation is 1. The molecule has 106 valence electrons. The molecular formula is C15H17N2OPSTl+. The Morgan fingerprint density at radius 2 is 2.38 bits per heavy atom. The molecule has 2 atom stereocenters. The number of carbonyl (C=O) groups excluding carboxylic acids is 1. The average Bonchev–Trinajstić information content (AvgIpc) is 2.48. The van der Waals surface area contributed by atoms with Crippen LogP contribution in [-0.4, -0.2) is 40.0 Å². The number of rotatable bonds is 2. The SMILES string of the molecule is Cc1cccc(C(=O)NC2CCCC(C#[C][Tl]=[P+]=S)C2)n1. The Morgan fingerprint density at radius 3 is 3.14 bits per heavy atom. The summed E-state index contributed by atoms with van der Waals surface area (Å²) >= 11 is 4.01. The van der Waals surface area contributed by atoms with Gasteiger partial charge in [0.25, 0.3) is 0 Å². The average molecular weight is 509 g/mol. The van der Waals surface area contributed by atoms with Gasteiger partial charge in [-0.1, -0.05) is 0 Å². The van der Waals surface area contributed by atoms with Crippen LogP contribution >= 0.6 is 4.00 Å². The van der Waals surface area contributed by atoms with E-state index in [-0.39, 0.29) is 11.9 Å². The van der Waals surface area contributed by atoms with Gasteiger partial charge in [0.2, 0.25) is 0 Å². The predicted molar refractivity (Wildman–Crippen MR) is 90.0 cm³/mol. The molecule has 0 radical (unpaired) electrons. The van der Waals surface area contributed by atoms with E-state index in [4.69, 9.17) is 11.8 Å². The first-order valence-electron chi connectivity index (χ1n) is 7.09. The van der Waals surface area contributed by atoms with E-state index in [1.165, 1.54) is 0 Å². The molecule has 0 saturated heterocycles. The molecule has 3 nitrogen and oxygen atoms in total. The van der Waals surface area contributed by atoms with Gasteiger partial charge in [0.05, 0.1) is 0 Å². The first-order valence-corrected chi connectivity index (χ1v) is 17.3. The fourth-order valence-electron chi connectivity index (χ4n) is 2.56. The molecule has 0 spiro atoms. The third-order valence-electron chi connectivity index (χ3n) is 3.54. The molecule has 21 heavy (non-hydrogen) atoms. The summed E-state index contributed by atoms with van der Waals surface area (Å²) in [5, 5.41) is 3.11. The topological polar surface area (TPSA) is 42.0 Å². The van der Waals surface area contributed by atoms with Crippen molar-refractivity contribution in [2.45, 2.75) is 38.6 Å². The van der Waals surface area contributed by atoms with Gasteiger partial charge in [0.1, 0.15) is 0 Å². The van der Waals surface area contributed by atoms with E-state index in [1.54, 1.807) is 6.07 Å². The number of pyridine rings is 1. The van der Waals surface area contributed by atoms with Gasteiger partial charge in [-0.3, -0.25) is 0 Å². The second kappa shape index (κ2) is 9.02. The Kier molecular flexibility index (Phi) is 7.35. The minimum atomic E-state index is -0.950. The van der Waals surface area contributed by atoms with E-state index in [1.807, 2.05) is 19.1 Å². The van der Waals surface area contributed by atoms with Gasteiger partial charge in [-0.05, 0) is 0 Å². The number of nitrogens with zero attached hydrogens (tertiary/aromatic N) is 1. The van der Waals surface area contributed by atoms with Crippen molar-refractivity contribution in [3.05, 3.63) is 29.6 Å². The summed E-state index contributed by atoms with van der Waals surface area (Å²) in [7, 11) is 0. The summed E-state index contributed by atoms with van der Waals surface area (Å²) in [6.07, 6.45) is 4.29. The summed E-state index contributed by atoms with van der Waals surface area (Å²) in [6, 6.07) is 5.75. The van der Waals surface area contributed by atoms with Crippen LogP contribution in [0.15, 0.2) is 18.2 Å². The maximum atomic E-state index is 12.2. The second-order valence-electron chi connectivity index (χ2n) is 5.22. The standard InChI is InChI=1S/C15H17N2O.PS.Tl/c1-3-12-7-5-8-13(10-12)17-15(18)14-9-4-6-11(2)16-14;1-2;/h4,6,9,12-13H,5,7-8,10H2,2H3,(H,17,18);;/q;-1;+2. The molecule has 1 N–H and O–H groups in total. The van der Waals surface area contributed by atoms with E-state index in [0.29, 0.717) is 11.6 Å². The van der Waals surface area contributed by atoms with Crippen LogP contribution in [0.5, 0.6) is 0 Å². The van der Waals surface area contributed by atoms with Crippen LogP contribution < -0.4 is 5.32 Å². The van der Waals surface area contributed by atoms with E-state index in [2.05, 4.69) is 19.7 Å². The van der Waals surface area contributed by atoms with Gasteiger partial charge in [-0.2, -0.15) is 0 Å². The van der Waals surface area contributed by atoms with E-state index in [0.717, 1.165) is 35.4 Å². The molecule has 1 aromatic rings. The van der Waals surface area contributed by atoms with Gasteiger partial charge in [0.15, 0.2) is 0 Å². The van der Waals surface area contributed by atoms with Crippen molar-refractivity contribution < 1.29 is 4.79 Å². The molecule has 1 heterocycles. The number of carbonyl (C=O) groups is 1. The molecule has 1 aliphatic carbocycles. The van der Waals surface area contributed by atoms with E-state index >= 15 is 0 Å². The Hall–Kier alpha value is -0.248. The molecule has 1 aliphatic rings. The van der Waals surface area contributed by atoms with Gasteiger partial charge in [-0.25, -0.2) is 0 Å². The third kappa shape index (κ3) is 5.80. The third-order valence-corrected chi connectivity index (χ3v) is 9.93. The fraction of sp³-hybridized carbons (Fsp3) is 0.467. The Morgan fingerprint density at radius 1 is 1.52 bits per heavy atom. The molecular weight excluding hydrogens is 492 g/mol. The molecule has 0 aromatic carbocycles. The molecule has 0 bridgehead atoms. The van der Waals surface area contributed by atoms with Crippen LogP contribution in [-0.2, 0) is 11.8 Å². The van der Waals surface area contributed by atoms with Crippen LogP contribution in [0.25, 0.3) is 0 Å². The number of amides is 1. The van der Waals surface area contributed by atoms with Crippen LogP contribution in [0.4, 0.5) is 0 Å². The summed E-state index contributed by atoms with van der Waals surface area (Å²) in [5.41, 5.74) is 1.37. The zero-order valence-electron chi connectivity index (χ0n) is 12.0. The maximum absolute atomic E-state index is 12.2. The fourth-order valence-corrected chi connectivity index (χ4v) is 6.48. The normalized spacial score (nSPS) is 20.6. The van der Waals surface area contributed by atoms with Crippen molar-refractivity contribution in [3.8, 4) is 9.40 Å². The number of hydrogen-bond donors (Lipinski definition) is 1. The van der Waals surface area contributed by atoms with Gasteiger partial charge in [-0.15, -0.1) is 0 Å². The Balaban J connectivity index is 1.95. The molecule has 1 amide bonds. The molecule has 2 rings (SSSR count). The van der Waals surface area contributed by atoms with E-state index in [9.17, 15) is 4.79 Å². The zero-order chi connectivity index (χ0) is 15.1. The first-order chi connectivity index (χ1) is 10.2. The zero-order valence-corrected chi connectivity index (χ0v) is 18.2. The summed E-state index contributed by atoms with van der Waals surface area (Å²) in [6.45, 7) is 1.90. The molecule has 1 saturated carbocycles. The van der Waals surface area contributed by atoms with Crippen LogP contribution in [0.2, 0.25) is 0 Å². The number of aromatic nitrogens is 1. The number of hydrogen-bond acceptors (Lipinski definition) is 3. The van der Waals surface area contributed by atoms with Gasteiger partial charge < -0.3 is 0 Å². The van der Waals surface area contributed by atoms with E-state index < -0.39 is 23.1 Å². The second-order valence-corrected chi connectivity index (χ2v) is 17.8. The molecule has 1 fully saturated rings. The molecule has 0 aliphatic heterocycles.